The minimum atomic E-state index is -0.937. The zero-order valence-electron chi connectivity index (χ0n) is 11.6. The van der Waals surface area contributed by atoms with Gasteiger partial charge in [0.05, 0.1) is 10.6 Å². The topological polar surface area (TPSA) is 83.7 Å². The molecule has 0 aliphatic carbocycles. The number of hydrogen-bond donors (Lipinski definition) is 1. The predicted molar refractivity (Wildman–Crippen MR) is 80.2 cm³/mol. The molecular weight excluding hydrogens is 328 g/mol. The van der Waals surface area contributed by atoms with Crippen LogP contribution >= 0.6 is 15.9 Å². The third-order valence-corrected chi connectivity index (χ3v) is 3.35. The van der Waals surface area contributed by atoms with E-state index < -0.39 is 10.9 Å². The van der Waals surface area contributed by atoms with E-state index in [0.717, 1.165) is 0 Å². The first-order valence-corrected chi connectivity index (χ1v) is 6.93. The van der Waals surface area contributed by atoms with Gasteiger partial charge in [-0.15, -0.1) is 0 Å². The van der Waals surface area contributed by atoms with E-state index in [4.69, 9.17) is 5.11 Å². The number of rotatable bonds is 6. The molecule has 1 aromatic rings. The van der Waals surface area contributed by atoms with Gasteiger partial charge in [0.2, 0.25) is 0 Å². The first-order valence-electron chi connectivity index (χ1n) is 6.13. The Morgan fingerprint density at radius 1 is 1.50 bits per heavy atom. The Labute approximate surface area is 125 Å². The number of aryl methyl sites for hydroxylation is 1. The van der Waals surface area contributed by atoms with E-state index in [-0.39, 0.29) is 18.2 Å². The summed E-state index contributed by atoms with van der Waals surface area (Å²) in [7, 11) is 0. The summed E-state index contributed by atoms with van der Waals surface area (Å²) in [5.41, 5.74) is 1.18. The molecule has 7 heteroatoms. The fourth-order valence-corrected chi connectivity index (χ4v) is 2.53. The van der Waals surface area contributed by atoms with Crippen molar-refractivity contribution in [3.63, 3.8) is 0 Å². The van der Waals surface area contributed by atoms with Crippen molar-refractivity contribution < 1.29 is 14.8 Å². The van der Waals surface area contributed by atoms with Crippen LogP contribution < -0.4 is 4.90 Å². The van der Waals surface area contributed by atoms with Crippen molar-refractivity contribution in [2.75, 3.05) is 18.0 Å². The van der Waals surface area contributed by atoms with Crippen LogP contribution in [0.25, 0.3) is 0 Å². The second-order valence-corrected chi connectivity index (χ2v) is 5.87. The number of carboxylic acids is 1. The SMILES string of the molecule is Cc1cc(N(CC(=O)O)CC(C)C)c(Br)cc1[N+](=O)[O-]. The van der Waals surface area contributed by atoms with Crippen LogP contribution in [0.2, 0.25) is 0 Å². The molecule has 0 spiro atoms. The van der Waals surface area contributed by atoms with Crippen molar-refractivity contribution in [1.82, 2.24) is 0 Å². The smallest absolute Gasteiger partial charge is 0.323 e. The van der Waals surface area contributed by atoms with Gasteiger partial charge in [-0.2, -0.15) is 0 Å². The fraction of sp³-hybridized carbons (Fsp3) is 0.462. The molecule has 1 N–H and O–H groups in total. The molecule has 110 valence electrons. The molecule has 0 heterocycles. The molecule has 0 amide bonds. The Hall–Kier alpha value is -1.63. The molecule has 20 heavy (non-hydrogen) atoms. The molecule has 0 aliphatic rings. The molecule has 0 aromatic heterocycles. The van der Waals surface area contributed by atoms with Crippen molar-refractivity contribution in [3.05, 3.63) is 32.3 Å². The first kappa shape index (κ1) is 16.4. The van der Waals surface area contributed by atoms with Crippen LogP contribution in [0.5, 0.6) is 0 Å². The lowest BCUT2D eigenvalue weighted by molar-refractivity contribution is -0.385. The average Bonchev–Trinajstić information content (AvgIpc) is 2.29. The van der Waals surface area contributed by atoms with Gasteiger partial charge in [-0.05, 0) is 34.8 Å². The van der Waals surface area contributed by atoms with Crippen LogP contribution in [0.15, 0.2) is 16.6 Å². The van der Waals surface area contributed by atoms with E-state index in [2.05, 4.69) is 15.9 Å². The second-order valence-electron chi connectivity index (χ2n) is 5.02. The Balaban J connectivity index is 3.22. The van der Waals surface area contributed by atoms with Gasteiger partial charge >= 0.3 is 5.97 Å². The summed E-state index contributed by atoms with van der Waals surface area (Å²) < 4.78 is 0.525. The zero-order chi connectivity index (χ0) is 15.4. The Morgan fingerprint density at radius 2 is 2.10 bits per heavy atom. The highest BCUT2D eigenvalue weighted by Gasteiger charge is 2.20. The van der Waals surface area contributed by atoms with Gasteiger partial charge in [0.1, 0.15) is 6.54 Å². The van der Waals surface area contributed by atoms with E-state index in [1.807, 2.05) is 13.8 Å². The van der Waals surface area contributed by atoms with Crippen LogP contribution in [0.4, 0.5) is 11.4 Å². The molecular formula is C13H17BrN2O4. The third-order valence-electron chi connectivity index (χ3n) is 2.71. The molecule has 0 aliphatic heterocycles. The maximum absolute atomic E-state index is 11.0. The number of nitro groups is 1. The number of benzene rings is 1. The lowest BCUT2D eigenvalue weighted by Gasteiger charge is -2.26. The van der Waals surface area contributed by atoms with Crippen molar-refractivity contribution >= 4 is 33.3 Å². The van der Waals surface area contributed by atoms with E-state index in [1.165, 1.54) is 6.07 Å². The number of carboxylic acid groups (broad SMARTS) is 1. The summed E-state index contributed by atoms with van der Waals surface area (Å²) in [5.74, 6) is -0.662. The summed E-state index contributed by atoms with van der Waals surface area (Å²) >= 11 is 3.29. The normalized spacial score (nSPS) is 10.7. The van der Waals surface area contributed by atoms with E-state index in [9.17, 15) is 14.9 Å². The lowest BCUT2D eigenvalue weighted by Crippen LogP contribution is -2.33. The minimum absolute atomic E-state index is 0.0143. The van der Waals surface area contributed by atoms with Gasteiger partial charge < -0.3 is 10.0 Å². The molecule has 6 nitrogen and oxygen atoms in total. The fourth-order valence-electron chi connectivity index (χ4n) is 1.95. The Kier molecular flexibility index (Phi) is 5.50. The number of nitrogens with zero attached hydrogens (tertiary/aromatic N) is 2. The molecule has 0 fully saturated rings. The quantitative estimate of drug-likeness (QED) is 0.632. The highest BCUT2D eigenvalue weighted by Crippen LogP contribution is 2.33. The van der Waals surface area contributed by atoms with Gasteiger partial charge in [0.15, 0.2) is 0 Å². The monoisotopic (exact) mass is 344 g/mol. The summed E-state index contributed by atoms with van der Waals surface area (Å²) in [6.45, 7) is 6.03. The molecule has 1 rings (SSSR count). The van der Waals surface area contributed by atoms with Gasteiger partial charge in [-0.3, -0.25) is 14.9 Å². The highest BCUT2D eigenvalue weighted by atomic mass is 79.9. The zero-order valence-corrected chi connectivity index (χ0v) is 13.2. The number of carbonyl (C=O) groups is 1. The lowest BCUT2D eigenvalue weighted by atomic mass is 10.1. The number of aliphatic carboxylic acids is 1. The van der Waals surface area contributed by atoms with Crippen molar-refractivity contribution in [3.8, 4) is 0 Å². The van der Waals surface area contributed by atoms with Crippen molar-refractivity contribution in [1.29, 1.82) is 0 Å². The molecule has 1 aromatic carbocycles. The number of halogens is 1. The minimum Gasteiger partial charge on any atom is -0.480 e. The summed E-state index contributed by atoms with van der Waals surface area (Å²) in [6.07, 6.45) is 0. The molecule has 0 unspecified atom stereocenters. The molecule has 0 atom stereocenters. The van der Waals surface area contributed by atoms with Crippen LogP contribution in [0.3, 0.4) is 0 Å². The second kappa shape index (κ2) is 6.69. The third kappa shape index (κ3) is 4.19. The van der Waals surface area contributed by atoms with Crippen LogP contribution in [-0.4, -0.2) is 29.1 Å². The standard InChI is InChI=1S/C13H17BrN2O4/c1-8(2)6-15(7-13(17)18)12-4-9(3)11(16(19)20)5-10(12)14/h4-5,8H,6-7H2,1-3H3,(H,17,18). The number of nitro benzene ring substituents is 1. The Morgan fingerprint density at radius 3 is 2.55 bits per heavy atom. The summed E-state index contributed by atoms with van der Waals surface area (Å²) in [6, 6.07) is 3.06. The number of hydrogen-bond acceptors (Lipinski definition) is 4. The van der Waals surface area contributed by atoms with E-state index in [0.29, 0.717) is 22.3 Å². The van der Waals surface area contributed by atoms with E-state index in [1.54, 1.807) is 17.9 Å². The maximum Gasteiger partial charge on any atom is 0.323 e. The van der Waals surface area contributed by atoms with Crippen LogP contribution in [-0.2, 0) is 4.79 Å². The predicted octanol–water partition coefficient (Wildman–Crippen LogP) is 3.21. The summed E-state index contributed by atoms with van der Waals surface area (Å²) in [4.78, 5) is 23.1. The molecule has 0 bridgehead atoms. The summed E-state index contributed by atoms with van der Waals surface area (Å²) in [5, 5.41) is 19.9. The number of anilines is 1. The average molecular weight is 345 g/mol. The molecule has 0 radical (unpaired) electrons. The maximum atomic E-state index is 11.0. The van der Waals surface area contributed by atoms with Crippen LogP contribution in [0.1, 0.15) is 19.4 Å². The Bertz CT molecular complexity index is 531. The first-order chi connectivity index (χ1) is 9.22. The van der Waals surface area contributed by atoms with Gasteiger partial charge in [0, 0.05) is 22.6 Å². The van der Waals surface area contributed by atoms with Crippen LogP contribution in [0, 0.1) is 23.0 Å². The van der Waals surface area contributed by atoms with Crippen molar-refractivity contribution in [2.45, 2.75) is 20.8 Å². The molecule has 0 saturated carbocycles. The molecule has 0 saturated heterocycles. The van der Waals surface area contributed by atoms with Gasteiger partial charge in [-0.1, -0.05) is 13.8 Å². The van der Waals surface area contributed by atoms with Gasteiger partial charge in [0.25, 0.3) is 5.69 Å². The highest BCUT2D eigenvalue weighted by molar-refractivity contribution is 9.10. The van der Waals surface area contributed by atoms with Crippen molar-refractivity contribution in [2.24, 2.45) is 5.92 Å². The largest absolute Gasteiger partial charge is 0.480 e. The van der Waals surface area contributed by atoms with Gasteiger partial charge in [-0.25, -0.2) is 0 Å². The van der Waals surface area contributed by atoms with E-state index >= 15 is 0 Å².